The summed E-state index contributed by atoms with van der Waals surface area (Å²) in [6, 6.07) is 3.76. The van der Waals surface area contributed by atoms with Crippen molar-refractivity contribution < 1.29 is 63.3 Å². The van der Waals surface area contributed by atoms with Crippen molar-refractivity contribution in [3.63, 3.8) is 0 Å². The molecule has 14 nitrogen and oxygen atoms in total. The Morgan fingerprint density at radius 1 is 1.09 bits per heavy atom. The predicted molar refractivity (Wildman–Crippen MR) is 159 cm³/mol. The van der Waals surface area contributed by atoms with Crippen LogP contribution < -0.4 is 10.1 Å². The molecule has 5 N–H and O–H groups in total. The number of nitrogens with one attached hydrogen (secondary N) is 1. The zero-order chi connectivity index (χ0) is 33.6. The van der Waals surface area contributed by atoms with Gasteiger partial charge in [-0.15, -0.1) is 0 Å². The van der Waals surface area contributed by atoms with E-state index in [1.54, 1.807) is 6.92 Å². The zero-order valence-corrected chi connectivity index (χ0v) is 25.9. The number of methoxy groups -OCH3 is 1. The van der Waals surface area contributed by atoms with E-state index in [-0.39, 0.29) is 34.4 Å². The summed E-state index contributed by atoms with van der Waals surface area (Å²) >= 11 is 0. The maximum atomic E-state index is 13.9. The average Bonchev–Trinajstić information content (AvgIpc) is 3.06. The third-order valence-electron chi connectivity index (χ3n) is 9.46. The number of ether oxygens (including phenoxy) is 5. The van der Waals surface area contributed by atoms with Crippen LogP contribution in [0.3, 0.4) is 0 Å². The molecule has 2 heterocycles. The van der Waals surface area contributed by atoms with E-state index in [0.717, 1.165) is 12.8 Å². The van der Waals surface area contributed by atoms with E-state index in [0.29, 0.717) is 19.4 Å². The normalized spacial score (nSPS) is 30.1. The summed E-state index contributed by atoms with van der Waals surface area (Å²) in [6.07, 6.45) is -2.22. The molecule has 6 rings (SSSR count). The standard InChI is InChI=1S/C33H37NO13/c1-15-32(47-22-8-3-4-9-44-22)18(34-14-36)10-23(45-15)46-20-12-33(42,21(37)13-35)11-17-25(20)31(41)27-26(29(17)39)28(38)16-6-5-7-19(43-2)24(16)30(27)40/h5-7,14-15,18,20,22-23,32,35,39,41-42H,3-4,8-13H2,1-2H3,(H,34,36)/t15-,18-,20-,22+,23-,32+,33-/m0/s1. The lowest BCUT2D eigenvalue weighted by atomic mass is 9.72. The van der Waals surface area contributed by atoms with Crippen molar-refractivity contribution in [2.45, 2.75) is 88.0 Å². The number of fused-ring (bicyclic) bond motifs is 3. The first-order valence-corrected chi connectivity index (χ1v) is 15.5. The molecule has 14 heteroatoms. The summed E-state index contributed by atoms with van der Waals surface area (Å²) < 4.78 is 29.6. The summed E-state index contributed by atoms with van der Waals surface area (Å²) in [5.41, 5.74) is -3.72. The Hall–Kier alpha value is -3.92. The van der Waals surface area contributed by atoms with E-state index >= 15 is 0 Å². The molecule has 7 atom stereocenters. The first-order valence-electron chi connectivity index (χ1n) is 15.5. The van der Waals surface area contributed by atoms with Crippen LogP contribution in [0.1, 0.15) is 88.1 Å². The molecule has 0 bridgehead atoms. The fourth-order valence-corrected chi connectivity index (χ4v) is 7.16. The smallest absolute Gasteiger partial charge is 0.207 e. The molecule has 0 radical (unpaired) electrons. The van der Waals surface area contributed by atoms with Crippen molar-refractivity contribution in [1.29, 1.82) is 0 Å². The van der Waals surface area contributed by atoms with E-state index < -0.39 is 102 Å². The van der Waals surface area contributed by atoms with Gasteiger partial charge in [-0.2, -0.15) is 0 Å². The van der Waals surface area contributed by atoms with Crippen molar-refractivity contribution in [3.8, 4) is 17.2 Å². The van der Waals surface area contributed by atoms with Gasteiger partial charge >= 0.3 is 0 Å². The lowest BCUT2D eigenvalue weighted by molar-refractivity contribution is -0.283. The van der Waals surface area contributed by atoms with Crippen molar-refractivity contribution >= 4 is 23.8 Å². The summed E-state index contributed by atoms with van der Waals surface area (Å²) in [5.74, 6) is -3.83. The summed E-state index contributed by atoms with van der Waals surface area (Å²) in [7, 11) is 1.33. The van der Waals surface area contributed by atoms with E-state index in [1.807, 2.05) is 0 Å². The van der Waals surface area contributed by atoms with Gasteiger partial charge in [0.05, 0.1) is 42.0 Å². The molecule has 4 aliphatic rings. The van der Waals surface area contributed by atoms with Crippen LogP contribution in [0.5, 0.6) is 17.2 Å². The van der Waals surface area contributed by atoms with Crippen LogP contribution in [0.2, 0.25) is 0 Å². The van der Waals surface area contributed by atoms with Gasteiger partial charge in [-0.3, -0.25) is 19.2 Å². The fraction of sp³-hybridized carbons (Fsp3) is 0.515. The third-order valence-corrected chi connectivity index (χ3v) is 9.46. The van der Waals surface area contributed by atoms with Crippen molar-refractivity contribution in [3.05, 3.63) is 51.6 Å². The quantitative estimate of drug-likeness (QED) is 0.163. The van der Waals surface area contributed by atoms with E-state index in [4.69, 9.17) is 23.7 Å². The van der Waals surface area contributed by atoms with Crippen LogP contribution in [-0.2, 0) is 35.0 Å². The van der Waals surface area contributed by atoms with Crippen LogP contribution in [0.25, 0.3) is 0 Å². The number of hydrogen-bond donors (Lipinski definition) is 5. The van der Waals surface area contributed by atoms with Gasteiger partial charge in [0.2, 0.25) is 12.2 Å². The highest BCUT2D eigenvalue weighted by Crippen LogP contribution is 2.52. The topological polar surface area (TPSA) is 207 Å². The number of aliphatic hydroxyl groups is 2. The number of phenols is 2. The number of amides is 1. The third kappa shape index (κ3) is 5.68. The maximum Gasteiger partial charge on any atom is 0.207 e. The number of phenolic OH excluding ortho intramolecular Hbond substituents is 2. The first-order chi connectivity index (χ1) is 22.5. The zero-order valence-electron chi connectivity index (χ0n) is 25.9. The van der Waals surface area contributed by atoms with Crippen molar-refractivity contribution in [1.82, 2.24) is 5.32 Å². The molecule has 0 aromatic heterocycles. The highest BCUT2D eigenvalue weighted by atomic mass is 16.7. The van der Waals surface area contributed by atoms with E-state index in [9.17, 15) is 39.6 Å². The molecule has 2 aromatic carbocycles. The second-order valence-corrected chi connectivity index (χ2v) is 12.3. The number of Topliss-reactive ketones (excluding diaryl/α,β-unsaturated/α-hetero) is 1. The molecule has 2 aliphatic carbocycles. The molecule has 47 heavy (non-hydrogen) atoms. The number of aromatic hydroxyl groups is 2. The van der Waals surface area contributed by atoms with Gasteiger partial charge < -0.3 is 49.4 Å². The molecule has 0 spiro atoms. The van der Waals surface area contributed by atoms with E-state index in [1.165, 1.54) is 25.3 Å². The van der Waals surface area contributed by atoms with Crippen LogP contribution in [-0.4, -0.2) is 101 Å². The molecule has 1 amide bonds. The Balaban J connectivity index is 1.39. The molecule has 252 valence electrons. The van der Waals surface area contributed by atoms with Gasteiger partial charge in [-0.05, 0) is 32.3 Å². The Bertz CT molecular complexity index is 1600. The van der Waals surface area contributed by atoms with Crippen LogP contribution in [0.15, 0.2) is 18.2 Å². The Morgan fingerprint density at radius 3 is 2.53 bits per heavy atom. The number of hydrogen-bond acceptors (Lipinski definition) is 13. The fourth-order valence-electron chi connectivity index (χ4n) is 7.16. The minimum absolute atomic E-state index is 0.0400. The highest BCUT2D eigenvalue weighted by molar-refractivity contribution is 6.31. The molecular formula is C33H37NO13. The number of benzene rings is 2. The summed E-state index contributed by atoms with van der Waals surface area (Å²) in [5, 5.41) is 47.1. The summed E-state index contributed by atoms with van der Waals surface area (Å²) in [6.45, 7) is 1.23. The first kappa shape index (κ1) is 33.0. The summed E-state index contributed by atoms with van der Waals surface area (Å²) in [4.78, 5) is 52.0. The van der Waals surface area contributed by atoms with Crippen molar-refractivity contribution in [2.24, 2.45) is 0 Å². The number of rotatable bonds is 9. The van der Waals surface area contributed by atoms with Gasteiger partial charge in [0, 0.05) is 42.6 Å². The van der Waals surface area contributed by atoms with Gasteiger partial charge in [0.1, 0.15) is 35.6 Å². The minimum Gasteiger partial charge on any atom is -0.507 e. The molecule has 0 unspecified atom stereocenters. The Labute approximate surface area is 269 Å². The maximum absolute atomic E-state index is 13.9. The van der Waals surface area contributed by atoms with Crippen LogP contribution in [0, 0.1) is 0 Å². The van der Waals surface area contributed by atoms with E-state index in [2.05, 4.69) is 5.32 Å². The molecular weight excluding hydrogens is 618 g/mol. The molecule has 0 saturated carbocycles. The molecule has 2 aliphatic heterocycles. The SMILES string of the molecule is COc1cccc2c1C(=O)c1c(O)c3c(c(O)c1C2=O)C[C@@](O)(C(=O)CO)C[C@@H]3O[C@H]1C[C@H](NC=O)[C@H](O[C@@H]2CCCCO2)[C@H](C)O1. The minimum atomic E-state index is -2.28. The second kappa shape index (κ2) is 12.9. The number of ketones is 3. The lowest BCUT2D eigenvalue weighted by Gasteiger charge is -2.44. The Morgan fingerprint density at radius 2 is 1.85 bits per heavy atom. The molecule has 2 fully saturated rings. The van der Waals surface area contributed by atoms with Gasteiger partial charge in [0.15, 0.2) is 24.1 Å². The van der Waals surface area contributed by atoms with Crippen LogP contribution >= 0.6 is 0 Å². The lowest BCUT2D eigenvalue weighted by Crippen LogP contribution is -2.56. The second-order valence-electron chi connectivity index (χ2n) is 12.3. The number of carbonyl (C=O) groups excluding carboxylic acids is 4. The van der Waals surface area contributed by atoms with Gasteiger partial charge in [-0.25, -0.2) is 0 Å². The molecule has 2 aromatic rings. The molecule has 2 saturated heterocycles. The van der Waals surface area contributed by atoms with Gasteiger partial charge in [-0.1, -0.05) is 12.1 Å². The number of carbonyl (C=O) groups is 4. The Kier molecular flexibility index (Phi) is 9.09. The highest BCUT2D eigenvalue weighted by Gasteiger charge is 2.50. The predicted octanol–water partition coefficient (Wildman–Crippen LogP) is 1.34. The number of aliphatic hydroxyl groups excluding tert-OH is 1. The van der Waals surface area contributed by atoms with Crippen LogP contribution in [0.4, 0.5) is 0 Å². The average molecular weight is 656 g/mol. The largest absolute Gasteiger partial charge is 0.507 e. The monoisotopic (exact) mass is 655 g/mol. The van der Waals surface area contributed by atoms with Gasteiger partial charge in [0.25, 0.3) is 0 Å². The van der Waals surface area contributed by atoms with Crippen molar-refractivity contribution in [2.75, 3.05) is 20.3 Å².